The number of hydrogen-bond donors (Lipinski definition) is 2. The van der Waals surface area contributed by atoms with Crippen molar-refractivity contribution in [2.24, 2.45) is 17.8 Å². The van der Waals surface area contributed by atoms with E-state index in [1.54, 1.807) is 0 Å². The zero-order valence-corrected chi connectivity index (χ0v) is 14.8. The van der Waals surface area contributed by atoms with E-state index in [2.05, 4.69) is 24.5 Å². The molecule has 1 aliphatic heterocycles. The van der Waals surface area contributed by atoms with Gasteiger partial charge in [0, 0.05) is 30.4 Å². The Bertz CT molecular complexity index is 629. The van der Waals surface area contributed by atoms with Crippen molar-refractivity contribution in [2.75, 3.05) is 23.7 Å². The number of carbonyl (C=O) groups excluding carboxylic acids is 2. The van der Waals surface area contributed by atoms with Crippen LogP contribution in [0.3, 0.4) is 0 Å². The van der Waals surface area contributed by atoms with Crippen LogP contribution in [0.15, 0.2) is 18.2 Å². The molecule has 24 heavy (non-hydrogen) atoms. The Morgan fingerprint density at radius 3 is 2.38 bits per heavy atom. The molecule has 5 heteroatoms. The van der Waals surface area contributed by atoms with Crippen LogP contribution >= 0.6 is 0 Å². The lowest BCUT2D eigenvalue weighted by Crippen LogP contribution is -2.44. The van der Waals surface area contributed by atoms with Gasteiger partial charge in [-0.2, -0.15) is 0 Å². The van der Waals surface area contributed by atoms with E-state index in [9.17, 15) is 9.59 Å². The Morgan fingerprint density at radius 1 is 1.08 bits per heavy atom. The van der Waals surface area contributed by atoms with Gasteiger partial charge in [0.2, 0.25) is 5.91 Å². The maximum absolute atomic E-state index is 12.6. The summed E-state index contributed by atoms with van der Waals surface area (Å²) in [5.41, 5.74) is 2.50. The summed E-state index contributed by atoms with van der Waals surface area (Å²) in [6.07, 6.45) is 3.13. The average molecular weight is 329 g/mol. The van der Waals surface area contributed by atoms with Gasteiger partial charge in [0.15, 0.2) is 0 Å². The van der Waals surface area contributed by atoms with Crippen molar-refractivity contribution < 1.29 is 9.59 Å². The minimum atomic E-state index is -0.0535. The molecule has 0 radical (unpaired) electrons. The lowest BCUT2D eigenvalue weighted by atomic mass is 9.92. The van der Waals surface area contributed by atoms with Crippen LogP contribution in [0.2, 0.25) is 0 Å². The highest BCUT2D eigenvalue weighted by Gasteiger charge is 2.29. The SMILES string of the molecule is Cc1ccc(NC(=O)C2CC2)cc1NC(=O)N1C[C@H](C)C[C@H](C)C1. The first kappa shape index (κ1) is 16.8. The number of nitrogens with zero attached hydrogens (tertiary/aromatic N) is 1. The molecule has 2 atom stereocenters. The summed E-state index contributed by atoms with van der Waals surface area (Å²) in [7, 11) is 0. The van der Waals surface area contributed by atoms with Gasteiger partial charge in [-0.1, -0.05) is 19.9 Å². The van der Waals surface area contributed by atoms with Crippen molar-refractivity contribution in [2.45, 2.75) is 40.0 Å². The average Bonchev–Trinajstić information content (AvgIpc) is 3.34. The summed E-state index contributed by atoms with van der Waals surface area (Å²) in [5.74, 6) is 1.31. The molecule has 130 valence electrons. The lowest BCUT2D eigenvalue weighted by Gasteiger charge is -2.35. The van der Waals surface area contributed by atoms with Crippen LogP contribution in [0.1, 0.15) is 38.7 Å². The smallest absolute Gasteiger partial charge is 0.321 e. The van der Waals surface area contributed by atoms with Gasteiger partial charge >= 0.3 is 6.03 Å². The van der Waals surface area contributed by atoms with Gasteiger partial charge in [-0.3, -0.25) is 4.79 Å². The van der Waals surface area contributed by atoms with Crippen LogP contribution in [0.5, 0.6) is 0 Å². The van der Waals surface area contributed by atoms with Gasteiger partial charge < -0.3 is 15.5 Å². The molecular weight excluding hydrogens is 302 g/mol. The first-order valence-corrected chi connectivity index (χ1v) is 8.90. The van der Waals surface area contributed by atoms with Crippen LogP contribution in [0.4, 0.5) is 16.2 Å². The first-order valence-electron chi connectivity index (χ1n) is 8.90. The molecule has 1 saturated heterocycles. The summed E-state index contributed by atoms with van der Waals surface area (Å²) in [6, 6.07) is 5.61. The van der Waals surface area contributed by atoms with Gasteiger partial charge in [-0.15, -0.1) is 0 Å². The van der Waals surface area contributed by atoms with E-state index in [4.69, 9.17) is 0 Å². The molecule has 3 rings (SSSR count). The van der Waals surface area contributed by atoms with Gasteiger partial charge in [0.1, 0.15) is 0 Å². The van der Waals surface area contributed by atoms with Crippen LogP contribution in [0.25, 0.3) is 0 Å². The molecule has 1 aromatic carbocycles. The second kappa shape index (κ2) is 6.83. The summed E-state index contributed by atoms with van der Waals surface area (Å²) >= 11 is 0. The number of anilines is 2. The van der Waals surface area contributed by atoms with Crippen LogP contribution in [-0.2, 0) is 4.79 Å². The third kappa shape index (κ3) is 4.08. The molecule has 2 aliphatic rings. The maximum Gasteiger partial charge on any atom is 0.321 e. The summed E-state index contributed by atoms with van der Waals surface area (Å²) < 4.78 is 0. The topological polar surface area (TPSA) is 61.4 Å². The molecule has 1 aliphatic carbocycles. The lowest BCUT2D eigenvalue weighted by molar-refractivity contribution is -0.117. The third-order valence-corrected chi connectivity index (χ3v) is 4.85. The largest absolute Gasteiger partial charge is 0.326 e. The number of hydrogen-bond acceptors (Lipinski definition) is 2. The molecule has 1 aromatic rings. The number of piperidine rings is 1. The number of urea groups is 1. The molecule has 0 unspecified atom stereocenters. The fourth-order valence-electron chi connectivity index (χ4n) is 3.45. The third-order valence-electron chi connectivity index (χ3n) is 4.85. The molecule has 0 spiro atoms. The number of amides is 3. The molecule has 1 saturated carbocycles. The number of aryl methyl sites for hydroxylation is 1. The Morgan fingerprint density at radius 2 is 1.75 bits per heavy atom. The number of rotatable bonds is 3. The van der Waals surface area contributed by atoms with Crippen molar-refractivity contribution in [3.63, 3.8) is 0 Å². The molecule has 1 heterocycles. The Kier molecular flexibility index (Phi) is 4.78. The Hall–Kier alpha value is -2.04. The fourth-order valence-corrected chi connectivity index (χ4v) is 3.45. The number of likely N-dealkylation sites (tertiary alicyclic amines) is 1. The minimum Gasteiger partial charge on any atom is -0.326 e. The molecule has 3 amide bonds. The van der Waals surface area contributed by atoms with Crippen LogP contribution < -0.4 is 10.6 Å². The zero-order valence-electron chi connectivity index (χ0n) is 14.8. The monoisotopic (exact) mass is 329 g/mol. The fraction of sp³-hybridized carbons (Fsp3) is 0.579. The molecule has 2 N–H and O–H groups in total. The van der Waals surface area contributed by atoms with E-state index in [0.29, 0.717) is 11.8 Å². The van der Waals surface area contributed by atoms with Crippen molar-refractivity contribution in [1.29, 1.82) is 0 Å². The van der Waals surface area contributed by atoms with Gasteiger partial charge in [0.25, 0.3) is 0 Å². The highest BCUT2D eigenvalue weighted by molar-refractivity contribution is 5.96. The van der Waals surface area contributed by atoms with Crippen molar-refractivity contribution in [3.05, 3.63) is 23.8 Å². The predicted octanol–water partition coefficient (Wildman–Crippen LogP) is 3.85. The minimum absolute atomic E-state index is 0.0535. The highest BCUT2D eigenvalue weighted by atomic mass is 16.2. The summed E-state index contributed by atoms with van der Waals surface area (Å²) in [5, 5.41) is 5.95. The molecule has 0 aromatic heterocycles. The van der Waals surface area contributed by atoms with Gasteiger partial charge in [0.05, 0.1) is 0 Å². The predicted molar refractivity (Wildman–Crippen MR) is 96.1 cm³/mol. The second-order valence-electron chi connectivity index (χ2n) is 7.57. The van der Waals surface area contributed by atoms with E-state index in [1.165, 1.54) is 6.42 Å². The molecule has 2 fully saturated rings. The Balaban J connectivity index is 1.66. The maximum atomic E-state index is 12.6. The summed E-state index contributed by atoms with van der Waals surface area (Å²) in [4.78, 5) is 26.4. The van der Waals surface area contributed by atoms with Crippen LogP contribution in [-0.4, -0.2) is 29.9 Å². The Labute approximate surface area is 143 Å². The zero-order chi connectivity index (χ0) is 17.3. The van der Waals surface area contributed by atoms with Gasteiger partial charge in [-0.05, 0) is 55.7 Å². The van der Waals surface area contributed by atoms with E-state index < -0.39 is 0 Å². The molecular formula is C19H27N3O2. The van der Waals surface area contributed by atoms with Gasteiger partial charge in [-0.25, -0.2) is 4.79 Å². The molecule has 5 nitrogen and oxygen atoms in total. The van der Waals surface area contributed by atoms with Crippen molar-refractivity contribution >= 4 is 23.3 Å². The highest BCUT2D eigenvalue weighted by Crippen LogP contribution is 2.31. The van der Waals surface area contributed by atoms with Crippen molar-refractivity contribution in [3.8, 4) is 0 Å². The quantitative estimate of drug-likeness (QED) is 0.885. The van der Waals surface area contributed by atoms with E-state index in [1.807, 2.05) is 30.0 Å². The molecule has 0 bridgehead atoms. The normalized spacial score (nSPS) is 23.7. The van der Waals surface area contributed by atoms with Crippen LogP contribution in [0, 0.1) is 24.7 Å². The van der Waals surface area contributed by atoms with E-state index >= 15 is 0 Å². The number of benzene rings is 1. The summed E-state index contributed by atoms with van der Waals surface area (Å²) in [6.45, 7) is 7.94. The standard InChI is InChI=1S/C19H27N3O2/c1-12-8-13(2)11-22(10-12)19(24)21-17-9-16(7-4-14(17)3)20-18(23)15-5-6-15/h4,7,9,12-13,15H,5-6,8,10-11H2,1-3H3,(H,20,23)(H,21,24)/t12-,13+. The number of nitrogens with one attached hydrogen (secondary N) is 2. The van der Waals surface area contributed by atoms with E-state index in [0.717, 1.165) is 42.9 Å². The van der Waals surface area contributed by atoms with E-state index in [-0.39, 0.29) is 17.9 Å². The second-order valence-corrected chi connectivity index (χ2v) is 7.57. The van der Waals surface area contributed by atoms with Crippen molar-refractivity contribution in [1.82, 2.24) is 4.90 Å². The number of carbonyl (C=O) groups is 2. The first-order chi connectivity index (χ1) is 11.4.